The first-order valence-electron chi connectivity index (χ1n) is 14.7. The minimum Gasteiger partial charge on any atom is -0.364 e. The van der Waals surface area contributed by atoms with E-state index < -0.39 is 17.9 Å². The van der Waals surface area contributed by atoms with Crippen molar-refractivity contribution in [1.29, 1.82) is 0 Å². The number of benzene rings is 2. The molecule has 13 heteroatoms. The average Bonchev–Trinajstić information content (AvgIpc) is 3.68. The Morgan fingerprint density at radius 3 is 2.48 bits per heavy atom. The van der Waals surface area contributed by atoms with Crippen LogP contribution in [0, 0.1) is 6.92 Å². The van der Waals surface area contributed by atoms with Gasteiger partial charge in [-0.1, -0.05) is 22.8 Å². The fourth-order valence-electron chi connectivity index (χ4n) is 5.10. The molecule has 5 aromatic rings. The van der Waals surface area contributed by atoms with Crippen LogP contribution in [-0.4, -0.2) is 66.7 Å². The highest BCUT2D eigenvalue weighted by atomic mass is 35.5. The molecule has 2 aromatic carbocycles. The summed E-state index contributed by atoms with van der Waals surface area (Å²) < 4.78 is 6.73. The Bertz CT molecular complexity index is 1910. The summed E-state index contributed by atoms with van der Waals surface area (Å²) in [6, 6.07) is 15.4. The van der Waals surface area contributed by atoms with Crippen LogP contribution >= 0.6 is 11.6 Å². The van der Waals surface area contributed by atoms with Gasteiger partial charge in [-0.25, -0.2) is 0 Å². The molecule has 3 aromatic heterocycles. The van der Waals surface area contributed by atoms with Crippen molar-refractivity contribution >= 4 is 35.0 Å². The molecule has 46 heavy (non-hydrogen) atoms. The summed E-state index contributed by atoms with van der Waals surface area (Å²) in [6.45, 7) is 1.64. The van der Waals surface area contributed by atoms with Gasteiger partial charge in [-0.3, -0.25) is 19.4 Å². The average molecular weight is 639 g/mol. The Balaban J connectivity index is 1.25. The van der Waals surface area contributed by atoms with Crippen LogP contribution in [0.2, 0.25) is 5.02 Å². The van der Waals surface area contributed by atoms with Gasteiger partial charge in [0.1, 0.15) is 29.9 Å². The third kappa shape index (κ3) is 6.66. The zero-order chi connectivity index (χ0) is 32.4. The Labute approximate surface area is 269 Å². The van der Waals surface area contributed by atoms with E-state index in [9.17, 15) is 14.4 Å². The first-order chi connectivity index (χ1) is 22.2. The number of carbonyl (C=O) groups is 3. The monoisotopic (exact) mass is 638 g/mol. The maximum atomic E-state index is 13.7. The van der Waals surface area contributed by atoms with Crippen LogP contribution in [0.25, 0.3) is 22.5 Å². The quantitative estimate of drug-likeness (QED) is 0.224. The zero-order valence-electron chi connectivity index (χ0n) is 25.4. The van der Waals surface area contributed by atoms with Crippen LogP contribution in [0.3, 0.4) is 0 Å². The Hall–Kier alpha value is -5.36. The highest BCUT2D eigenvalue weighted by Gasteiger charge is 2.31. The summed E-state index contributed by atoms with van der Waals surface area (Å²) in [4.78, 5) is 45.9. The van der Waals surface area contributed by atoms with E-state index in [1.54, 1.807) is 60.2 Å². The largest absolute Gasteiger partial charge is 0.364 e. The van der Waals surface area contributed by atoms with E-state index >= 15 is 0 Å². The van der Waals surface area contributed by atoms with Gasteiger partial charge >= 0.3 is 0 Å². The van der Waals surface area contributed by atoms with Gasteiger partial charge in [0.25, 0.3) is 11.8 Å². The second kappa shape index (κ2) is 12.9. The molecule has 3 heterocycles. The Kier molecular flexibility index (Phi) is 8.62. The molecule has 0 radical (unpaired) electrons. The summed E-state index contributed by atoms with van der Waals surface area (Å²) in [5.41, 5.74) is 4.50. The highest BCUT2D eigenvalue weighted by molar-refractivity contribution is 6.31. The third-order valence-corrected chi connectivity index (χ3v) is 8.30. The maximum Gasteiger partial charge on any atom is 0.272 e. The molecule has 0 saturated heterocycles. The van der Waals surface area contributed by atoms with Gasteiger partial charge in [0.15, 0.2) is 5.82 Å². The van der Waals surface area contributed by atoms with Gasteiger partial charge in [0.2, 0.25) is 5.91 Å². The molecular formula is C33H31ClN8O4. The number of amides is 3. The van der Waals surface area contributed by atoms with Gasteiger partial charge in [-0.15, -0.1) is 10.2 Å². The van der Waals surface area contributed by atoms with Crippen LogP contribution < -0.4 is 10.6 Å². The van der Waals surface area contributed by atoms with E-state index in [-0.39, 0.29) is 23.9 Å². The van der Waals surface area contributed by atoms with Crippen LogP contribution in [0.5, 0.6) is 0 Å². The number of hydrogen-bond donors (Lipinski definition) is 2. The molecule has 1 fully saturated rings. The molecule has 1 atom stereocenters. The van der Waals surface area contributed by atoms with Crippen molar-refractivity contribution in [2.45, 2.75) is 38.3 Å². The normalized spacial score (nSPS) is 13.2. The number of nitrogens with one attached hydrogen (secondary N) is 2. The number of halogens is 1. The van der Waals surface area contributed by atoms with Crippen molar-refractivity contribution in [1.82, 2.24) is 35.1 Å². The number of rotatable bonds is 10. The van der Waals surface area contributed by atoms with Crippen LogP contribution in [-0.2, 0) is 18.3 Å². The van der Waals surface area contributed by atoms with Gasteiger partial charge in [-0.2, -0.15) is 0 Å². The number of pyridine rings is 1. The standard InChI is InChI=1S/C33H31ClN8O4/c1-19-26(17-46-40-19)31(43)38-28(32(44)37-24-7-4-20(5-8-24)30-39-36-18-41(30)2)16-23-14-21(6-11-27(23)34)22-12-13-35-29(15-22)33(45)42(3)25-9-10-25/h4-8,11-15,17-18,25,28H,9-10,16H2,1-3H3,(H,37,44)(H,38,43). The van der Waals surface area contributed by atoms with Gasteiger partial charge in [0, 0.05) is 49.0 Å². The molecule has 1 aliphatic carbocycles. The molecule has 1 unspecified atom stereocenters. The summed E-state index contributed by atoms with van der Waals surface area (Å²) in [5.74, 6) is -0.412. The lowest BCUT2D eigenvalue weighted by Gasteiger charge is -2.20. The fraction of sp³-hybridized carbons (Fsp3) is 0.242. The summed E-state index contributed by atoms with van der Waals surface area (Å²) in [5, 5.41) is 17.9. The lowest BCUT2D eigenvalue weighted by molar-refractivity contribution is -0.118. The van der Waals surface area contributed by atoms with E-state index in [1.807, 2.05) is 37.4 Å². The predicted octanol–water partition coefficient (Wildman–Crippen LogP) is 4.71. The molecule has 234 valence electrons. The molecule has 12 nitrogen and oxygen atoms in total. The number of aromatic nitrogens is 5. The van der Waals surface area contributed by atoms with Crippen LogP contribution in [0.1, 0.15) is 44.9 Å². The Morgan fingerprint density at radius 2 is 1.80 bits per heavy atom. The summed E-state index contributed by atoms with van der Waals surface area (Å²) >= 11 is 6.64. The van der Waals surface area contributed by atoms with Gasteiger partial charge < -0.3 is 24.6 Å². The number of hydrogen-bond acceptors (Lipinski definition) is 8. The van der Waals surface area contributed by atoms with E-state index in [2.05, 4.69) is 31.0 Å². The van der Waals surface area contributed by atoms with Crippen molar-refractivity contribution < 1.29 is 18.9 Å². The molecule has 0 aliphatic heterocycles. The molecule has 6 rings (SSSR count). The molecule has 3 amide bonds. The molecule has 0 bridgehead atoms. The van der Waals surface area contributed by atoms with E-state index in [0.717, 1.165) is 29.5 Å². The van der Waals surface area contributed by atoms with Crippen molar-refractivity contribution in [2.75, 3.05) is 12.4 Å². The number of anilines is 1. The molecule has 1 aliphatic rings. The zero-order valence-corrected chi connectivity index (χ0v) is 26.2. The summed E-state index contributed by atoms with van der Waals surface area (Å²) in [6.07, 6.45) is 6.52. The molecule has 2 N–H and O–H groups in total. The van der Waals surface area contributed by atoms with Crippen molar-refractivity contribution in [3.8, 4) is 22.5 Å². The highest BCUT2D eigenvalue weighted by Crippen LogP contribution is 2.29. The SMILES string of the molecule is Cc1nocc1C(=O)NC(Cc1cc(-c2ccnc(C(=O)N(C)C3CC3)c2)ccc1Cl)C(=O)Nc1ccc(-c2nncn2C)cc1. The number of carbonyl (C=O) groups excluding carboxylic acids is 3. The van der Waals surface area contributed by atoms with E-state index in [1.165, 1.54) is 6.26 Å². The Morgan fingerprint density at radius 1 is 1.07 bits per heavy atom. The van der Waals surface area contributed by atoms with E-state index in [4.69, 9.17) is 16.1 Å². The minimum atomic E-state index is -1.02. The minimum absolute atomic E-state index is 0.0763. The van der Waals surface area contributed by atoms with Crippen molar-refractivity contribution in [3.63, 3.8) is 0 Å². The third-order valence-electron chi connectivity index (χ3n) is 7.94. The van der Waals surface area contributed by atoms with Gasteiger partial charge in [0.05, 0.1) is 5.69 Å². The second-order valence-electron chi connectivity index (χ2n) is 11.3. The number of aryl methyl sites for hydroxylation is 2. The molecular weight excluding hydrogens is 608 g/mol. The van der Waals surface area contributed by atoms with Crippen molar-refractivity contribution in [2.24, 2.45) is 7.05 Å². The summed E-state index contributed by atoms with van der Waals surface area (Å²) in [7, 11) is 3.64. The molecule has 0 spiro atoms. The topological polar surface area (TPSA) is 148 Å². The maximum absolute atomic E-state index is 13.7. The fourth-order valence-corrected chi connectivity index (χ4v) is 5.29. The number of nitrogens with zero attached hydrogens (tertiary/aromatic N) is 6. The lowest BCUT2D eigenvalue weighted by atomic mass is 9.98. The second-order valence-corrected chi connectivity index (χ2v) is 11.7. The van der Waals surface area contributed by atoms with Crippen LogP contribution in [0.15, 0.2) is 77.9 Å². The van der Waals surface area contributed by atoms with Gasteiger partial charge in [-0.05, 0) is 85.0 Å². The first kappa shape index (κ1) is 30.7. The van der Waals surface area contributed by atoms with Crippen molar-refractivity contribution in [3.05, 3.63) is 101 Å². The van der Waals surface area contributed by atoms with Crippen LogP contribution in [0.4, 0.5) is 5.69 Å². The first-order valence-corrected chi connectivity index (χ1v) is 15.0. The van der Waals surface area contributed by atoms with E-state index in [0.29, 0.717) is 33.5 Å². The smallest absolute Gasteiger partial charge is 0.272 e. The lowest BCUT2D eigenvalue weighted by Crippen LogP contribution is -2.45. The molecule has 1 saturated carbocycles. The predicted molar refractivity (Wildman–Crippen MR) is 171 cm³/mol.